The van der Waals surface area contributed by atoms with Crippen LogP contribution in [0.4, 0.5) is 0 Å². The molecule has 8 aromatic rings. The van der Waals surface area contributed by atoms with Gasteiger partial charge in [0.25, 0.3) is 0 Å². The van der Waals surface area contributed by atoms with E-state index < -0.39 is 0 Å². The van der Waals surface area contributed by atoms with Crippen LogP contribution in [0.25, 0.3) is 75.1 Å². The molecule has 0 unspecified atom stereocenters. The molecule has 9 rings (SSSR count). The van der Waals surface area contributed by atoms with Crippen LogP contribution in [0, 0.1) is 0 Å². The SMILES string of the molecule is c1cc2c3c(cccc3c1)-c1cc(-c3ccc(-c4cccc5sc6ccccc6c45)c4ccccc34)ccc1O2. The summed E-state index contributed by atoms with van der Waals surface area (Å²) in [6.45, 7) is 0. The van der Waals surface area contributed by atoms with Gasteiger partial charge in [-0.25, -0.2) is 0 Å². The van der Waals surface area contributed by atoms with Crippen molar-refractivity contribution >= 4 is 53.1 Å². The Kier molecular flexibility index (Phi) is 4.55. The first-order chi connectivity index (χ1) is 19.8. The number of fused-ring (bicyclic) bond motifs is 6. The topological polar surface area (TPSA) is 9.23 Å². The second kappa shape index (κ2) is 8.29. The Balaban J connectivity index is 1.27. The van der Waals surface area contributed by atoms with Gasteiger partial charge in [0.1, 0.15) is 11.5 Å². The Bertz CT molecular complexity index is 2300. The van der Waals surface area contributed by atoms with Crippen LogP contribution in [0.3, 0.4) is 0 Å². The van der Waals surface area contributed by atoms with E-state index in [4.69, 9.17) is 4.74 Å². The first kappa shape index (κ1) is 22.0. The zero-order valence-electron chi connectivity index (χ0n) is 21.5. The number of benzene rings is 7. The van der Waals surface area contributed by atoms with Gasteiger partial charge in [0, 0.05) is 31.1 Å². The van der Waals surface area contributed by atoms with E-state index in [1.54, 1.807) is 0 Å². The van der Waals surface area contributed by atoms with E-state index in [2.05, 4.69) is 133 Å². The maximum absolute atomic E-state index is 6.37. The molecular formula is C38H22OS. The lowest BCUT2D eigenvalue weighted by molar-refractivity contribution is 0.487. The van der Waals surface area contributed by atoms with Crippen LogP contribution in [-0.2, 0) is 0 Å². The predicted molar refractivity (Wildman–Crippen MR) is 171 cm³/mol. The standard InChI is InChI=1S/C38H22OS/c1-2-11-27-26(10-1)25(19-20-28(27)29-14-7-17-36-38(29)31-12-3-4-16-35(31)40-36)24-18-21-33-32(22-24)30-13-5-8-23-9-6-15-34(39-33)37(23)30/h1-22H. The van der Waals surface area contributed by atoms with Crippen LogP contribution in [-0.4, -0.2) is 0 Å². The van der Waals surface area contributed by atoms with Crippen molar-refractivity contribution in [3.8, 4) is 44.9 Å². The molecule has 0 saturated heterocycles. The van der Waals surface area contributed by atoms with Crippen molar-refractivity contribution in [2.45, 2.75) is 0 Å². The summed E-state index contributed by atoms with van der Waals surface area (Å²) < 4.78 is 9.04. The first-order valence-electron chi connectivity index (χ1n) is 13.6. The summed E-state index contributed by atoms with van der Waals surface area (Å²) in [5.41, 5.74) is 7.36. The van der Waals surface area contributed by atoms with Crippen LogP contribution in [0.1, 0.15) is 0 Å². The quantitative estimate of drug-likeness (QED) is 0.218. The van der Waals surface area contributed by atoms with Gasteiger partial charge in [-0.1, -0.05) is 103 Å². The number of ether oxygens (including phenoxy) is 1. The molecule has 40 heavy (non-hydrogen) atoms. The summed E-state index contributed by atoms with van der Waals surface area (Å²) in [5.74, 6) is 1.84. The zero-order valence-corrected chi connectivity index (χ0v) is 22.3. The Labute approximate surface area is 235 Å². The predicted octanol–water partition coefficient (Wildman–Crippen LogP) is 11.5. The monoisotopic (exact) mass is 526 g/mol. The van der Waals surface area contributed by atoms with E-state index in [9.17, 15) is 0 Å². The molecule has 0 atom stereocenters. The Morgan fingerprint density at radius 3 is 1.95 bits per heavy atom. The fourth-order valence-corrected chi connectivity index (χ4v) is 7.65. The Hall–Kier alpha value is -4.92. The maximum Gasteiger partial charge on any atom is 0.135 e. The molecule has 1 aromatic heterocycles. The number of rotatable bonds is 2. The minimum atomic E-state index is 0.909. The zero-order chi connectivity index (χ0) is 26.2. The van der Waals surface area contributed by atoms with Gasteiger partial charge in [0.2, 0.25) is 0 Å². The van der Waals surface area contributed by atoms with Gasteiger partial charge < -0.3 is 4.74 Å². The molecule has 1 aliphatic rings. The average Bonchev–Trinajstić information content (AvgIpc) is 3.40. The Morgan fingerprint density at radius 2 is 1.07 bits per heavy atom. The normalized spacial score (nSPS) is 12.2. The third-order valence-corrected chi connectivity index (χ3v) is 9.42. The van der Waals surface area contributed by atoms with Crippen molar-refractivity contribution in [2.24, 2.45) is 0 Å². The molecule has 0 bridgehead atoms. The van der Waals surface area contributed by atoms with Gasteiger partial charge in [0.05, 0.1) is 0 Å². The highest BCUT2D eigenvalue weighted by Crippen LogP contribution is 2.48. The summed E-state index contributed by atoms with van der Waals surface area (Å²) in [5, 5.41) is 7.59. The van der Waals surface area contributed by atoms with Crippen molar-refractivity contribution in [1.29, 1.82) is 0 Å². The highest BCUT2D eigenvalue weighted by molar-refractivity contribution is 7.25. The second-order valence-corrected chi connectivity index (χ2v) is 11.5. The van der Waals surface area contributed by atoms with E-state index >= 15 is 0 Å². The minimum absolute atomic E-state index is 0.909. The number of hydrogen-bond donors (Lipinski definition) is 0. The number of thiophene rings is 1. The second-order valence-electron chi connectivity index (χ2n) is 10.5. The summed E-state index contributed by atoms with van der Waals surface area (Å²) in [6.07, 6.45) is 0. The maximum atomic E-state index is 6.37. The van der Waals surface area contributed by atoms with Gasteiger partial charge in [-0.15, -0.1) is 11.3 Å². The summed E-state index contributed by atoms with van der Waals surface area (Å²) >= 11 is 1.87. The third-order valence-electron chi connectivity index (χ3n) is 8.28. The van der Waals surface area contributed by atoms with Gasteiger partial charge in [0.15, 0.2) is 0 Å². The van der Waals surface area contributed by atoms with E-state index in [0.29, 0.717) is 0 Å². The molecule has 1 aliphatic heterocycles. The number of hydrogen-bond acceptors (Lipinski definition) is 2. The van der Waals surface area contributed by atoms with Crippen LogP contribution in [0.5, 0.6) is 11.5 Å². The lowest BCUT2D eigenvalue weighted by Gasteiger charge is -2.22. The van der Waals surface area contributed by atoms with Crippen LogP contribution >= 0.6 is 11.3 Å². The summed E-state index contributed by atoms with van der Waals surface area (Å²) in [4.78, 5) is 0. The van der Waals surface area contributed by atoms with E-state index in [1.807, 2.05) is 11.3 Å². The van der Waals surface area contributed by atoms with E-state index in [-0.39, 0.29) is 0 Å². The fraction of sp³-hybridized carbons (Fsp3) is 0. The van der Waals surface area contributed by atoms with Crippen LogP contribution in [0.2, 0.25) is 0 Å². The van der Waals surface area contributed by atoms with Gasteiger partial charge in [-0.3, -0.25) is 0 Å². The molecule has 0 aliphatic carbocycles. The molecule has 2 heterocycles. The molecule has 0 saturated carbocycles. The summed E-state index contributed by atoms with van der Waals surface area (Å²) in [6, 6.07) is 48.3. The van der Waals surface area contributed by atoms with Gasteiger partial charge in [-0.05, 0) is 74.3 Å². The third kappa shape index (κ3) is 3.08. The van der Waals surface area contributed by atoms with Crippen molar-refractivity contribution in [3.63, 3.8) is 0 Å². The van der Waals surface area contributed by atoms with Crippen LogP contribution < -0.4 is 4.74 Å². The smallest absolute Gasteiger partial charge is 0.135 e. The molecule has 1 nitrogen and oxygen atoms in total. The minimum Gasteiger partial charge on any atom is -0.456 e. The molecule has 0 radical (unpaired) electrons. The van der Waals surface area contributed by atoms with Crippen molar-refractivity contribution in [3.05, 3.63) is 133 Å². The molecule has 0 fully saturated rings. The van der Waals surface area contributed by atoms with Crippen molar-refractivity contribution < 1.29 is 4.74 Å². The largest absolute Gasteiger partial charge is 0.456 e. The highest BCUT2D eigenvalue weighted by atomic mass is 32.1. The molecule has 7 aromatic carbocycles. The molecule has 0 amide bonds. The van der Waals surface area contributed by atoms with Crippen molar-refractivity contribution in [1.82, 2.24) is 0 Å². The Morgan fingerprint density at radius 1 is 0.400 bits per heavy atom. The summed E-state index contributed by atoms with van der Waals surface area (Å²) in [7, 11) is 0. The average molecular weight is 527 g/mol. The lowest BCUT2D eigenvalue weighted by Crippen LogP contribution is -1.97. The molecule has 0 N–H and O–H groups in total. The van der Waals surface area contributed by atoms with Gasteiger partial charge >= 0.3 is 0 Å². The van der Waals surface area contributed by atoms with Gasteiger partial charge in [-0.2, -0.15) is 0 Å². The fourth-order valence-electron chi connectivity index (χ4n) is 6.52. The lowest BCUT2D eigenvalue weighted by atomic mass is 9.88. The van der Waals surface area contributed by atoms with Crippen molar-refractivity contribution in [2.75, 3.05) is 0 Å². The first-order valence-corrected chi connectivity index (χ1v) is 14.4. The molecule has 2 heteroatoms. The molecular weight excluding hydrogens is 504 g/mol. The molecule has 186 valence electrons. The highest BCUT2D eigenvalue weighted by Gasteiger charge is 2.21. The molecule has 0 spiro atoms. The van der Waals surface area contributed by atoms with E-state index in [1.165, 1.54) is 69.5 Å². The van der Waals surface area contributed by atoms with E-state index in [0.717, 1.165) is 17.1 Å². The van der Waals surface area contributed by atoms with Crippen LogP contribution in [0.15, 0.2) is 133 Å².